The Bertz CT molecular complexity index is 451. The van der Waals surface area contributed by atoms with Crippen molar-refractivity contribution in [2.75, 3.05) is 0 Å². The van der Waals surface area contributed by atoms with E-state index in [-0.39, 0.29) is 6.04 Å². The zero-order chi connectivity index (χ0) is 11.5. The predicted octanol–water partition coefficient (Wildman–Crippen LogP) is 3.69. The molecule has 0 bridgehead atoms. The monoisotopic (exact) mass is 272 g/mol. The summed E-state index contributed by atoms with van der Waals surface area (Å²) in [6, 6.07) is 5.19. The highest BCUT2D eigenvalue weighted by Gasteiger charge is 2.15. The third kappa shape index (κ3) is 2.55. The molecule has 2 aromatic rings. The van der Waals surface area contributed by atoms with Crippen LogP contribution >= 0.6 is 34.5 Å². The molecule has 0 aliphatic carbocycles. The van der Waals surface area contributed by atoms with Gasteiger partial charge in [-0.1, -0.05) is 29.3 Å². The fraction of sp³-hybridized carbons (Fsp3) is 0.182. The maximum absolute atomic E-state index is 6.09. The van der Waals surface area contributed by atoms with Crippen LogP contribution in [0.25, 0.3) is 0 Å². The molecule has 0 spiro atoms. The Morgan fingerprint density at radius 3 is 2.56 bits per heavy atom. The van der Waals surface area contributed by atoms with Gasteiger partial charge in [-0.15, -0.1) is 11.3 Å². The zero-order valence-electron chi connectivity index (χ0n) is 8.36. The molecule has 1 heterocycles. The number of benzene rings is 1. The molecule has 0 saturated carbocycles. The highest BCUT2D eigenvalue weighted by molar-refractivity contribution is 7.09. The van der Waals surface area contributed by atoms with Crippen molar-refractivity contribution in [2.24, 2.45) is 5.73 Å². The number of nitrogens with two attached hydrogens (primary N) is 1. The number of hydrogen-bond donors (Lipinski definition) is 1. The average molecular weight is 273 g/mol. The molecular formula is C11H10Cl2N2S. The topological polar surface area (TPSA) is 38.9 Å². The minimum Gasteiger partial charge on any atom is -0.324 e. The van der Waals surface area contributed by atoms with Crippen LogP contribution in [0.5, 0.6) is 0 Å². The number of hydrogen-bond acceptors (Lipinski definition) is 3. The van der Waals surface area contributed by atoms with Gasteiger partial charge >= 0.3 is 0 Å². The van der Waals surface area contributed by atoms with Gasteiger partial charge < -0.3 is 5.73 Å². The van der Waals surface area contributed by atoms with E-state index in [0.29, 0.717) is 16.5 Å². The van der Waals surface area contributed by atoms with Crippen molar-refractivity contribution in [2.45, 2.75) is 12.5 Å². The Labute approximate surface area is 108 Å². The Morgan fingerprint density at radius 1 is 1.31 bits per heavy atom. The van der Waals surface area contributed by atoms with E-state index in [1.165, 1.54) is 0 Å². The Kier molecular flexibility index (Phi) is 3.82. The molecule has 0 aliphatic heterocycles. The highest BCUT2D eigenvalue weighted by Crippen LogP contribution is 2.30. The first kappa shape index (κ1) is 11.9. The molecule has 1 aromatic carbocycles. The van der Waals surface area contributed by atoms with E-state index < -0.39 is 0 Å². The van der Waals surface area contributed by atoms with E-state index in [1.54, 1.807) is 29.7 Å². The minimum absolute atomic E-state index is 0.215. The first-order chi connectivity index (χ1) is 7.68. The first-order valence-electron chi connectivity index (χ1n) is 4.76. The Balaban J connectivity index is 2.24. The molecule has 0 radical (unpaired) electrons. The van der Waals surface area contributed by atoms with Gasteiger partial charge in [0.25, 0.3) is 0 Å². The van der Waals surface area contributed by atoms with Crippen LogP contribution in [0.2, 0.25) is 10.0 Å². The second-order valence-electron chi connectivity index (χ2n) is 3.37. The van der Waals surface area contributed by atoms with Crippen molar-refractivity contribution in [3.8, 4) is 0 Å². The summed E-state index contributed by atoms with van der Waals surface area (Å²) in [6.07, 6.45) is 2.42. The Morgan fingerprint density at radius 2 is 2.00 bits per heavy atom. The lowest BCUT2D eigenvalue weighted by Crippen LogP contribution is -2.14. The predicted molar refractivity (Wildman–Crippen MR) is 69.2 cm³/mol. The number of rotatable bonds is 3. The van der Waals surface area contributed by atoms with Crippen molar-refractivity contribution in [1.82, 2.24) is 4.98 Å². The summed E-state index contributed by atoms with van der Waals surface area (Å²) in [5.41, 5.74) is 6.88. The van der Waals surface area contributed by atoms with Gasteiger partial charge in [0, 0.05) is 39.6 Å². The molecule has 84 valence electrons. The molecule has 0 amide bonds. The molecule has 1 aromatic heterocycles. The zero-order valence-corrected chi connectivity index (χ0v) is 10.7. The maximum Gasteiger partial charge on any atom is 0.0943 e. The lowest BCUT2D eigenvalue weighted by Gasteiger charge is -2.13. The third-order valence-electron chi connectivity index (χ3n) is 2.25. The van der Waals surface area contributed by atoms with Crippen molar-refractivity contribution in [1.29, 1.82) is 0 Å². The van der Waals surface area contributed by atoms with Gasteiger partial charge in [0.1, 0.15) is 0 Å². The fourth-order valence-electron chi connectivity index (χ4n) is 1.51. The molecule has 2 nitrogen and oxygen atoms in total. The molecule has 1 unspecified atom stereocenters. The molecular weight excluding hydrogens is 263 g/mol. The normalized spacial score (nSPS) is 12.7. The van der Waals surface area contributed by atoms with Crippen molar-refractivity contribution >= 4 is 34.5 Å². The van der Waals surface area contributed by atoms with Crippen molar-refractivity contribution in [3.05, 3.63) is 50.4 Å². The van der Waals surface area contributed by atoms with E-state index in [0.717, 1.165) is 10.6 Å². The summed E-state index contributed by atoms with van der Waals surface area (Å²) in [7, 11) is 0. The lowest BCUT2D eigenvalue weighted by atomic mass is 10.1. The molecule has 1 atom stereocenters. The number of nitrogens with zero attached hydrogens (tertiary/aromatic N) is 1. The maximum atomic E-state index is 6.09. The number of thiazole rings is 1. The highest BCUT2D eigenvalue weighted by atomic mass is 35.5. The van der Waals surface area contributed by atoms with Crippen molar-refractivity contribution in [3.63, 3.8) is 0 Å². The Hall–Kier alpha value is -0.610. The largest absolute Gasteiger partial charge is 0.324 e. The van der Waals surface area contributed by atoms with Gasteiger partial charge in [-0.25, -0.2) is 4.98 Å². The molecule has 0 saturated heterocycles. The summed E-state index contributed by atoms with van der Waals surface area (Å²) < 4.78 is 0. The van der Waals surface area contributed by atoms with Crippen LogP contribution in [0.4, 0.5) is 0 Å². The average Bonchev–Trinajstić information content (AvgIpc) is 2.70. The van der Waals surface area contributed by atoms with Crippen LogP contribution < -0.4 is 5.73 Å². The second-order valence-corrected chi connectivity index (χ2v) is 5.17. The summed E-state index contributed by atoms with van der Waals surface area (Å²) in [6.45, 7) is 0. The lowest BCUT2D eigenvalue weighted by molar-refractivity contribution is 0.718. The van der Waals surface area contributed by atoms with E-state index in [1.807, 2.05) is 11.4 Å². The number of aromatic nitrogens is 1. The SMILES string of the molecule is NC(Cc1nccs1)c1c(Cl)cccc1Cl. The van der Waals surface area contributed by atoms with Crippen LogP contribution in [0.1, 0.15) is 16.6 Å². The fourth-order valence-corrected chi connectivity index (χ4v) is 2.86. The van der Waals surface area contributed by atoms with Gasteiger partial charge in [-0.2, -0.15) is 0 Å². The standard InChI is InChI=1S/C11H10Cl2N2S/c12-7-2-1-3-8(13)11(7)9(14)6-10-15-4-5-16-10/h1-5,9H,6,14H2. The van der Waals surface area contributed by atoms with Gasteiger partial charge in [-0.3, -0.25) is 0 Å². The van der Waals surface area contributed by atoms with Gasteiger partial charge in [-0.05, 0) is 12.1 Å². The van der Waals surface area contributed by atoms with Crippen LogP contribution in [0.15, 0.2) is 29.8 Å². The molecule has 5 heteroatoms. The van der Waals surface area contributed by atoms with Gasteiger partial charge in [0.15, 0.2) is 0 Å². The van der Waals surface area contributed by atoms with E-state index in [2.05, 4.69) is 4.98 Å². The van der Waals surface area contributed by atoms with Gasteiger partial charge in [0.2, 0.25) is 0 Å². The first-order valence-corrected chi connectivity index (χ1v) is 6.40. The van der Waals surface area contributed by atoms with E-state index in [9.17, 15) is 0 Å². The smallest absolute Gasteiger partial charge is 0.0943 e. The van der Waals surface area contributed by atoms with Crippen molar-refractivity contribution < 1.29 is 0 Å². The second kappa shape index (κ2) is 5.15. The van der Waals surface area contributed by atoms with Crippen LogP contribution in [-0.4, -0.2) is 4.98 Å². The van der Waals surface area contributed by atoms with Crippen LogP contribution in [0, 0.1) is 0 Å². The minimum atomic E-state index is -0.215. The van der Waals surface area contributed by atoms with Crippen LogP contribution in [-0.2, 0) is 6.42 Å². The van der Waals surface area contributed by atoms with E-state index >= 15 is 0 Å². The van der Waals surface area contributed by atoms with E-state index in [4.69, 9.17) is 28.9 Å². The molecule has 0 aliphatic rings. The summed E-state index contributed by atoms with van der Waals surface area (Å²) >= 11 is 13.7. The summed E-state index contributed by atoms with van der Waals surface area (Å²) in [5.74, 6) is 0. The molecule has 0 fully saturated rings. The number of halogens is 2. The quantitative estimate of drug-likeness (QED) is 0.926. The van der Waals surface area contributed by atoms with Gasteiger partial charge in [0.05, 0.1) is 5.01 Å². The summed E-state index contributed by atoms with van der Waals surface area (Å²) in [4.78, 5) is 4.19. The summed E-state index contributed by atoms with van der Waals surface area (Å²) in [5, 5.41) is 4.13. The van der Waals surface area contributed by atoms with Crippen LogP contribution in [0.3, 0.4) is 0 Å². The molecule has 2 rings (SSSR count). The molecule has 16 heavy (non-hydrogen) atoms. The third-order valence-corrected chi connectivity index (χ3v) is 3.71. The molecule has 2 N–H and O–H groups in total.